The number of aromatic nitrogens is 2. The van der Waals surface area contributed by atoms with Crippen LogP contribution in [0.1, 0.15) is 25.7 Å². The zero-order valence-electron chi connectivity index (χ0n) is 14.6. The first-order chi connectivity index (χ1) is 11.8. The molecular formula is C15H24N4O5S. The van der Waals surface area contributed by atoms with Crippen LogP contribution in [-0.4, -0.2) is 67.7 Å². The normalized spacial score (nSPS) is 21.0. The molecule has 0 radical (unpaired) electrons. The second-order valence-corrected chi connectivity index (χ2v) is 8.14. The third-order valence-corrected chi connectivity index (χ3v) is 5.34. The first kappa shape index (κ1) is 19.4. The van der Waals surface area contributed by atoms with Gasteiger partial charge in [0.25, 0.3) is 11.8 Å². The van der Waals surface area contributed by atoms with Gasteiger partial charge < -0.3 is 14.8 Å². The summed E-state index contributed by atoms with van der Waals surface area (Å²) in [5.74, 6) is 0.418. The van der Waals surface area contributed by atoms with E-state index in [1.54, 1.807) is 6.20 Å². The molecule has 1 aromatic rings. The Balaban J connectivity index is 1.79. The molecule has 1 heterocycles. The Morgan fingerprint density at radius 2 is 1.84 bits per heavy atom. The minimum atomic E-state index is -3.36. The van der Waals surface area contributed by atoms with Gasteiger partial charge in [-0.25, -0.2) is 18.4 Å². The minimum absolute atomic E-state index is 0.0163. The standard InChI is InChI=1S/C15H24N4O5S/c1-19(25(3,21)22)10-13(20)18-11-4-6-12(7-5-11)24-15-14(23-2)16-8-9-17-15/h8-9,11-12H,4-7,10H2,1-3H3,(H,18,20). The molecule has 0 saturated heterocycles. The molecular weight excluding hydrogens is 348 g/mol. The molecule has 9 nitrogen and oxygen atoms in total. The van der Waals surface area contributed by atoms with E-state index in [1.807, 2.05) is 0 Å². The fourth-order valence-electron chi connectivity index (χ4n) is 2.61. The highest BCUT2D eigenvalue weighted by molar-refractivity contribution is 7.88. The number of rotatable bonds is 7. The number of carbonyl (C=O) groups excluding carboxylic acids is 1. The van der Waals surface area contributed by atoms with Gasteiger partial charge in [0.1, 0.15) is 6.10 Å². The molecule has 140 valence electrons. The van der Waals surface area contributed by atoms with Crippen LogP contribution >= 0.6 is 0 Å². The molecule has 25 heavy (non-hydrogen) atoms. The monoisotopic (exact) mass is 372 g/mol. The number of hydrogen-bond donors (Lipinski definition) is 1. The number of nitrogens with one attached hydrogen (secondary N) is 1. The molecule has 0 aromatic carbocycles. The average molecular weight is 372 g/mol. The van der Waals surface area contributed by atoms with Crippen molar-refractivity contribution in [3.63, 3.8) is 0 Å². The van der Waals surface area contributed by atoms with Gasteiger partial charge in [-0.3, -0.25) is 4.79 Å². The van der Waals surface area contributed by atoms with Crippen molar-refractivity contribution in [2.24, 2.45) is 0 Å². The highest BCUT2D eigenvalue weighted by Crippen LogP contribution is 2.27. The van der Waals surface area contributed by atoms with Gasteiger partial charge in [-0.2, -0.15) is 4.31 Å². The lowest BCUT2D eigenvalue weighted by molar-refractivity contribution is -0.122. The summed E-state index contributed by atoms with van der Waals surface area (Å²) in [5.41, 5.74) is 0. The van der Waals surface area contributed by atoms with E-state index in [4.69, 9.17) is 9.47 Å². The van der Waals surface area contributed by atoms with Crippen LogP contribution in [0, 0.1) is 0 Å². The van der Waals surface area contributed by atoms with Crippen LogP contribution in [0.5, 0.6) is 11.8 Å². The summed E-state index contributed by atoms with van der Waals surface area (Å²) in [6, 6.07) is 0.0177. The molecule has 1 aliphatic rings. The van der Waals surface area contributed by atoms with Crippen molar-refractivity contribution in [1.82, 2.24) is 19.6 Å². The third kappa shape index (κ3) is 5.82. The maximum absolute atomic E-state index is 11.9. The number of ether oxygens (including phenoxy) is 2. The Kier molecular flexibility index (Phi) is 6.54. The molecule has 1 amide bonds. The summed E-state index contributed by atoms with van der Waals surface area (Å²) >= 11 is 0. The molecule has 10 heteroatoms. The highest BCUT2D eigenvalue weighted by Gasteiger charge is 2.26. The maximum Gasteiger partial charge on any atom is 0.278 e. The molecule has 0 atom stereocenters. The second kappa shape index (κ2) is 8.43. The molecule has 1 fully saturated rings. The summed E-state index contributed by atoms with van der Waals surface area (Å²) in [7, 11) is -0.467. The Morgan fingerprint density at radius 1 is 1.24 bits per heavy atom. The van der Waals surface area contributed by atoms with Crippen LogP contribution < -0.4 is 14.8 Å². The topological polar surface area (TPSA) is 111 Å². The quantitative estimate of drug-likeness (QED) is 0.727. The van der Waals surface area contributed by atoms with Crippen molar-refractivity contribution < 1.29 is 22.7 Å². The molecule has 1 aliphatic carbocycles. The number of methoxy groups -OCH3 is 1. The van der Waals surface area contributed by atoms with Gasteiger partial charge in [0.2, 0.25) is 15.9 Å². The lowest BCUT2D eigenvalue weighted by atomic mass is 9.93. The van der Waals surface area contributed by atoms with E-state index in [-0.39, 0.29) is 24.6 Å². The zero-order valence-corrected chi connectivity index (χ0v) is 15.5. The van der Waals surface area contributed by atoms with Gasteiger partial charge in [0.05, 0.1) is 19.9 Å². The van der Waals surface area contributed by atoms with E-state index in [0.717, 1.165) is 36.2 Å². The summed E-state index contributed by atoms with van der Waals surface area (Å²) in [4.78, 5) is 20.1. The predicted molar refractivity (Wildman–Crippen MR) is 90.9 cm³/mol. The molecule has 1 aromatic heterocycles. The highest BCUT2D eigenvalue weighted by atomic mass is 32.2. The van der Waals surface area contributed by atoms with Crippen molar-refractivity contribution in [3.05, 3.63) is 12.4 Å². The summed E-state index contributed by atoms with van der Waals surface area (Å²) < 4.78 is 34.7. The van der Waals surface area contributed by atoms with Crippen LogP contribution in [0.4, 0.5) is 0 Å². The first-order valence-corrected chi connectivity index (χ1v) is 9.86. The van der Waals surface area contributed by atoms with Gasteiger partial charge >= 0.3 is 0 Å². The van der Waals surface area contributed by atoms with E-state index >= 15 is 0 Å². The van der Waals surface area contributed by atoms with E-state index in [9.17, 15) is 13.2 Å². The van der Waals surface area contributed by atoms with E-state index < -0.39 is 10.0 Å². The lowest BCUT2D eigenvalue weighted by Crippen LogP contribution is -2.44. The Morgan fingerprint density at radius 3 is 2.40 bits per heavy atom. The molecule has 1 saturated carbocycles. The van der Waals surface area contributed by atoms with Gasteiger partial charge in [-0.1, -0.05) is 0 Å². The van der Waals surface area contributed by atoms with Gasteiger partial charge in [0, 0.05) is 25.5 Å². The van der Waals surface area contributed by atoms with E-state index in [0.29, 0.717) is 11.8 Å². The summed E-state index contributed by atoms with van der Waals surface area (Å²) in [5, 5.41) is 2.88. The minimum Gasteiger partial charge on any atom is -0.477 e. The summed E-state index contributed by atoms with van der Waals surface area (Å²) in [6.45, 7) is -0.175. The second-order valence-electron chi connectivity index (χ2n) is 6.05. The lowest BCUT2D eigenvalue weighted by Gasteiger charge is -2.29. The fourth-order valence-corrected chi connectivity index (χ4v) is 2.96. The maximum atomic E-state index is 11.9. The SMILES string of the molecule is COc1nccnc1OC1CCC(NC(=O)CN(C)S(C)(=O)=O)CC1. The molecule has 0 unspecified atom stereocenters. The Bertz CT molecular complexity index is 689. The number of hydrogen-bond acceptors (Lipinski definition) is 7. The van der Waals surface area contributed by atoms with Gasteiger partial charge in [-0.15, -0.1) is 0 Å². The largest absolute Gasteiger partial charge is 0.477 e. The van der Waals surface area contributed by atoms with Crippen LogP contribution in [-0.2, 0) is 14.8 Å². The average Bonchev–Trinajstić information content (AvgIpc) is 2.56. The van der Waals surface area contributed by atoms with Crippen molar-refractivity contribution in [2.45, 2.75) is 37.8 Å². The smallest absolute Gasteiger partial charge is 0.278 e. The Hall–Kier alpha value is -1.94. The fraction of sp³-hybridized carbons (Fsp3) is 0.667. The van der Waals surface area contributed by atoms with Crippen LogP contribution in [0.2, 0.25) is 0 Å². The number of carbonyl (C=O) groups is 1. The zero-order chi connectivity index (χ0) is 18.4. The van der Waals surface area contributed by atoms with Crippen molar-refractivity contribution >= 4 is 15.9 Å². The van der Waals surface area contributed by atoms with E-state index in [2.05, 4.69) is 15.3 Å². The number of nitrogens with zero attached hydrogens (tertiary/aromatic N) is 3. The number of likely N-dealkylation sites (N-methyl/N-ethyl adjacent to an activating group) is 1. The van der Waals surface area contributed by atoms with Crippen molar-refractivity contribution in [2.75, 3.05) is 27.0 Å². The van der Waals surface area contributed by atoms with Gasteiger partial charge in [-0.05, 0) is 25.7 Å². The molecule has 2 rings (SSSR count). The van der Waals surface area contributed by atoms with Gasteiger partial charge in [0.15, 0.2) is 0 Å². The van der Waals surface area contributed by atoms with Crippen molar-refractivity contribution in [3.8, 4) is 11.8 Å². The Labute approximate surface area is 147 Å². The van der Waals surface area contributed by atoms with Crippen molar-refractivity contribution in [1.29, 1.82) is 0 Å². The molecule has 1 N–H and O–H groups in total. The predicted octanol–water partition coefficient (Wildman–Crippen LogP) is 0.183. The summed E-state index contributed by atoms with van der Waals surface area (Å²) in [6.07, 6.45) is 7.15. The number of amides is 1. The first-order valence-electron chi connectivity index (χ1n) is 8.02. The number of sulfonamides is 1. The molecule has 0 spiro atoms. The van der Waals surface area contributed by atoms with Crippen LogP contribution in [0.3, 0.4) is 0 Å². The molecule has 0 bridgehead atoms. The van der Waals surface area contributed by atoms with Crippen LogP contribution in [0.15, 0.2) is 12.4 Å². The van der Waals surface area contributed by atoms with Crippen LogP contribution in [0.25, 0.3) is 0 Å². The molecule has 0 aliphatic heterocycles. The third-order valence-electron chi connectivity index (χ3n) is 4.08. The van der Waals surface area contributed by atoms with E-state index in [1.165, 1.54) is 20.4 Å².